The third-order valence-electron chi connectivity index (χ3n) is 5.62. The molecule has 1 saturated heterocycles. The minimum atomic E-state index is -1.32. The van der Waals surface area contributed by atoms with Crippen LogP contribution in [0, 0.1) is 19.8 Å². The van der Waals surface area contributed by atoms with E-state index in [0.29, 0.717) is 46.7 Å². The van der Waals surface area contributed by atoms with Gasteiger partial charge in [0.1, 0.15) is 29.3 Å². The molecule has 168 valence electrons. The number of ketones is 1. The number of carboxylic acids is 1. The molecule has 5 heterocycles. The summed E-state index contributed by atoms with van der Waals surface area (Å²) < 4.78 is 10.5. The van der Waals surface area contributed by atoms with Gasteiger partial charge in [-0.15, -0.1) is 0 Å². The van der Waals surface area contributed by atoms with E-state index in [9.17, 15) is 19.5 Å². The van der Waals surface area contributed by atoms with Crippen molar-refractivity contribution in [1.29, 1.82) is 0 Å². The Morgan fingerprint density at radius 2 is 2.06 bits per heavy atom. The number of anilines is 1. The van der Waals surface area contributed by atoms with Crippen LogP contribution in [-0.4, -0.2) is 54.0 Å². The number of Topliss-reactive ketones (excluding diaryl/α,β-unsaturated/α-hetero) is 1. The predicted molar refractivity (Wildman–Crippen MR) is 118 cm³/mol. The van der Waals surface area contributed by atoms with Crippen LogP contribution in [0.5, 0.6) is 0 Å². The summed E-state index contributed by atoms with van der Waals surface area (Å²) in [6, 6.07) is 3.49. The van der Waals surface area contributed by atoms with Crippen LogP contribution >= 0.6 is 11.5 Å². The van der Waals surface area contributed by atoms with Crippen molar-refractivity contribution in [2.75, 3.05) is 18.0 Å². The van der Waals surface area contributed by atoms with Gasteiger partial charge in [0.25, 0.3) is 0 Å². The number of aromatic nitrogens is 5. The molecule has 0 bridgehead atoms. The molecule has 1 aliphatic rings. The highest BCUT2D eigenvalue weighted by atomic mass is 32.1. The molecular weight excluding hydrogens is 448 g/mol. The number of hydrogen-bond donors (Lipinski definition) is 1. The number of carboxylic acid groups (broad SMARTS) is 1. The van der Waals surface area contributed by atoms with Crippen LogP contribution < -0.4 is 10.3 Å². The molecule has 5 rings (SSSR count). The molecule has 0 atom stereocenters. The molecule has 1 N–H and O–H groups in total. The van der Waals surface area contributed by atoms with Gasteiger partial charge in [-0.3, -0.25) is 14.2 Å². The molecule has 0 radical (unpaired) electrons. The molecule has 11 nitrogen and oxygen atoms in total. The zero-order valence-electron chi connectivity index (χ0n) is 17.7. The van der Waals surface area contributed by atoms with E-state index in [1.807, 2.05) is 4.90 Å². The smallest absolute Gasteiger partial charge is 0.341 e. The molecule has 1 fully saturated rings. The average molecular weight is 466 g/mol. The van der Waals surface area contributed by atoms with Crippen molar-refractivity contribution < 1.29 is 19.2 Å². The van der Waals surface area contributed by atoms with Gasteiger partial charge >= 0.3 is 5.97 Å². The van der Waals surface area contributed by atoms with E-state index in [0.717, 1.165) is 11.5 Å². The monoisotopic (exact) mass is 466 g/mol. The van der Waals surface area contributed by atoms with Crippen molar-refractivity contribution in [2.45, 2.75) is 20.3 Å². The fourth-order valence-corrected chi connectivity index (χ4v) is 4.41. The van der Waals surface area contributed by atoms with Gasteiger partial charge in [-0.25, -0.2) is 14.8 Å². The summed E-state index contributed by atoms with van der Waals surface area (Å²) in [6.45, 7) is 4.49. The number of carbonyl (C=O) groups excluding carboxylic acids is 1. The fraction of sp³-hybridized carbons (Fsp3) is 0.286. The number of fused-ring (bicyclic) bond motifs is 1. The third-order valence-corrected chi connectivity index (χ3v) is 6.29. The van der Waals surface area contributed by atoms with E-state index in [1.54, 1.807) is 26.0 Å². The number of rotatable bonds is 6. The highest BCUT2D eigenvalue weighted by molar-refractivity contribution is 7.08. The van der Waals surface area contributed by atoms with Gasteiger partial charge < -0.3 is 14.5 Å². The van der Waals surface area contributed by atoms with Gasteiger partial charge in [0, 0.05) is 36.9 Å². The first-order valence-electron chi connectivity index (χ1n) is 10.1. The van der Waals surface area contributed by atoms with Gasteiger partial charge in [-0.1, -0.05) is 5.16 Å². The third kappa shape index (κ3) is 3.67. The zero-order valence-corrected chi connectivity index (χ0v) is 18.5. The van der Waals surface area contributed by atoms with Crippen LogP contribution in [-0.2, 0) is 11.2 Å². The van der Waals surface area contributed by atoms with Crippen molar-refractivity contribution in [1.82, 2.24) is 24.1 Å². The lowest BCUT2D eigenvalue weighted by Gasteiger charge is -2.39. The lowest BCUT2D eigenvalue weighted by Crippen LogP contribution is -2.51. The highest BCUT2D eigenvalue weighted by Crippen LogP contribution is 2.29. The molecule has 0 amide bonds. The molecule has 0 saturated carbocycles. The highest BCUT2D eigenvalue weighted by Gasteiger charge is 2.34. The van der Waals surface area contributed by atoms with E-state index in [-0.39, 0.29) is 29.1 Å². The Morgan fingerprint density at radius 1 is 1.27 bits per heavy atom. The van der Waals surface area contributed by atoms with Crippen LogP contribution in [0.1, 0.15) is 27.4 Å². The summed E-state index contributed by atoms with van der Waals surface area (Å²) in [5.41, 5.74) is 0.534. The largest absolute Gasteiger partial charge is 0.477 e. The van der Waals surface area contributed by atoms with Gasteiger partial charge in [0.05, 0.1) is 23.4 Å². The second-order valence-corrected chi connectivity index (χ2v) is 8.70. The quantitative estimate of drug-likeness (QED) is 0.446. The Bertz CT molecular complexity index is 1450. The Hall–Kier alpha value is -3.93. The molecule has 0 spiro atoms. The molecule has 4 aromatic heterocycles. The maximum absolute atomic E-state index is 12.9. The normalized spacial score (nSPS) is 13.9. The Labute approximate surface area is 190 Å². The minimum Gasteiger partial charge on any atom is -0.477 e. The lowest BCUT2D eigenvalue weighted by molar-refractivity contribution is -0.123. The Kier molecular flexibility index (Phi) is 5.01. The number of aryl methyl sites for hydroxylation is 2. The number of carbonyl (C=O) groups is 2. The molecular formula is C21H18N6O5S. The molecule has 1 aliphatic heterocycles. The van der Waals surface area contributed by atoms with E-state index in [1.165, 1.54) is 17.1 Å². The second kappa shape index (κ2) is 7.89. The van der Waals surface area contributed by atoms with Crippen LogP contribution in [0.4, 0.5) is 5.82 Å². The first-order valence-corrected chi connectivity index (χ1v) is 10.9. The second-order valence-electron chi connectivity index (χ2n) is 7.94. The SMILES string of the molecule is Cc1cc(CC(=O)C2CN(c3cc(C)c4c(=O)c(C(=O)O)cn(-c5ncns5)c4n3)C2)no1. The first kappa shape index (κ1) is 20.9. The van der Waals surface area contributed by atoms with Crippen molar-refractivity contribution in [3.63, 3.8) is 0 Å². The number of aromatic carboxylic acids is 1. The van der Waals surface area contributed by atoms with Crippen LogP contribution in [0.15, 0.2) is 34.0 Å². The van der Waals surface area contributed by atoms with Gasteiger partial charge in [-0.2, -0.15) is 4.37 Å². The molecule has 0 aromatic carbocycles. The lowest BCUT2D eigenvalue weighted by atomic mass is 9.92. The van der Waals surface area contributed by atoms with Crippen LogP contribution in [0.3, 0.4) is 0 Å². The van der Waals surface area contributed by atoms with E-state index < -0.39 is 11.4 Å². The molecule has 33 heavy (non-hydrogen) atoms. The minimum absolute atomic E-state index is 0.0777. The van der Waals surface area contributed by atoms with E-state index in [2.05, 4.69) is 19.5 Å². The molecule has 4 aromatic rings. The maximum Gasteiger partial charge on any atom is 0.341 e. The van der Waals surface area contributed by atoms with Crippen molar-refractivity contribution in [3.8, 4) is 5.13 Å². The topological polar surface area (TPSA) is 144 Å². The summed E-state index contributed by atoms with van der Waals surface area (Å²) in [6.07, 6.45) is 2.80. The predicted octanol–water partition coefficient (Wildman–Crippen LogP) is 1.79. The van der Waals surface area contributed by atoms with E-state index >= 15 is 0 Å². The molecule has 12 heteroatoms. The summed E-state index contributed by atoms with van der Waals surface area (Å²) in [5, 5.41) is 14.0. The summed E-state index contributed by atoms with van der Waals surface area (Å²) in [4.78, 5) is 47.8. The van der Waals surface area contributed by atoms with Crippen LogP contribution in [0.25, 0.3) is 16.2 Å². The average Bonchev–Trinajstić information content (AvgIpc) is 3.38. The summed E-state index contributed by atoms with van der Waals surface area (Å²) in [5.74, 6) is -0.137. The summed E-state index contributed by atoms with van der Waals surface area (Å²) in [7, 11) is 0. The standard InChI is InChI=1S/C21H18N6O5S/c1-10-3-16(26-6-12(7-26)15(28)5-13-4-11(2)32-25-13)24-19-17(10)18(29)14(20(30)31)8-27(19)21-22-9-23-33-21/h3-4,8-9,12H,5-7H2,1-2H3,(H,30,31). The number of hydrogen-bond acceptors (Lipinski definition) is 10. The number of pyridine rings is 2. The van der Waals surface area contributed by atoms with Crippen LogP contribution in [0.2, 0.25) is 0 Å². The number of nitrogens with zero attached hydrogens (tertiary/aromatic N) is 6. The van der Waals surface area contributed by atoms with Gasteiger partial charge in [-0.05, 0) is 25.5 Å². The van der Waals surface area contributed by atoms with Crippen molar-refractivity contribution >= 4 is 40.1 Å². The molecule has 0 unspecified atom stereocenters. The van der Waals surface area contributed by atoms with Crippen molar-refractivity contribution in [3.05, 3.63) is 57.5 Å². The maximum atomic E-state index is 12.9. The van der Waals surface area contributed by atoms with Gasteiger partial charge in [0.15, 0.2) is 5.65 Å². The Morgan fingerprint density at radius 3 is 2.70 bits per heavy atom. The molecule has 0 aliphatic carbocycles. The Balaban J connectivity index is 1.48. The fourth-order valence-electron chi connectivity index (χ4n) is 3.90. The first-order chi connectivity index (χ1) is 15.8. The van der Waals surface area contributed by atoms with Crippen molar-refractivity contribution in [2.24, 2.45) is 5.92 Å². The van der Waals surface area contributed by atoms with Gasteiger partial charge in [0.2, 0.25) is 10.6 Å². The summed E-state index contributed by atoms with van der Waals surface area (Å²) >= 11 is 1.06. The van der Waals surface area contributed by atoms with E-state index in [4.69, 9.17) is 4.52 Å². The zero-order chi connectivity index (χ0) is 23.3.